The van der Waals surface area contributed by atoms with Crippen LogP contribution in [0.2, 0.25) is 0 Å². The zero-order valence-electron chi connectivity index (χ0n) is 6.87. The number of hydrogen-bond donors (Lipinski definition) is 1. The minimum absolute atomic E-state index is 0.531. The molecule has 2 heteroatoms. The molecule has 60 valence electrons. The number of aldehydes is 1. The Bertz CT molecular complexity index is 208. The van der Waals surface area contributed by atoms with Gasteiger partial charge >= 0.3 is 0 Å². The van der Waals surface area contributed by atoms with Gasteiger partial charge in [-0.25, -0.2) is 0 Å². The highest BCUT2D eigenvalue weighted by Gasteiger charge is 1.89. The minimum Gasteiger partial charge on any atom is -0.402 e. The second kappa shape index (κ2) is 5.47. The first-order valence-electron chi connectivity index (χ1n) is 3.43. The Labute approximate surface area is 67.1 Å². The maximum absolute atomic E-state index is 10.3. The van der Waals surface area contributed by atoms with Crippen LogP contribution in [0.15, 0.2) is 35.6 Å². The Balaban J connectivity index is 4.33. The van der Waals surface area contributed by atoms with Gasteiger partial charge in [-0.2, -0.15) is 0 Å². The molecule has 0 aromatic heterocycles. The van der Waals surface area contributed by atoms with Crippen molar-refractivity contribution in [1.82, 2.24) is 0 Å². The summed E-state index contributed by atoms with van der Waals surface area (Å²) in [6, 6.07) is 0. The Morgan fingerprint density at radius 3 is 2.36 bits per heavy atom. The topological polar surface area (TPSA) is 43.1 Å². The molecule has 0 atom stereocenters. The van der Waals surface area contributed by atoms with E-state index in [2.05, 4.69) is 0 Å². The van der Waals surface area contributed by atoms with E-state index in [1.807, 2.05) is 19.1 Å². The summed E-state index contributed by atoms with van der Waals surface area (Å²) in [4.78, 5) is 10.3. The molecule has 0 unspecified atom stereocenters. The first-order valence-corrected chi connectivity index (χ1v) is 3.43. The summed E-state index contributed by atoms with van der Waals surface area (Å²) in [6.45, 7) is 3.60. The molecule has 0 rings (SSSR count). The number of carbonyl (C=O) groups excluding carboxylic acids is 1. The van der Waals surface area contributed by atoms with Crippen LogP contribution in [0.3, 0.4) is 0 Å². The number of nitrogens with two attached hydrogens (primary N) is 1. The Kier molecular flexibility index (Phi) is 4.82. The molecule has 11 heavy (non-hydrogen) atoms. The predicted octanol–water partition coefficient (Wildman–Crippen LogP) is 1.55. The Morgan fingerprint density at radius 1 is 1.36 bits per heavy atom. The lowest BCUT2D eigenvalue weighted by Gasteiger charge is -1.91. The fourth-order valence-corrected chi connectivity index (χ4v) is 0.534. The van der Waals surface area contributed by atoms with Crippen molar-refractivity contribution < 1.29 is 4.79 Å². The monoisotopic (exact) mass is 151 g/mol. The molecule has 0 bridgehead atoms. The summed E-state index contributed by atoms with van der Waals surface area (Å²) in [5, 5.41) is 0. The average molecular weight is 151 g/mol. The lowest BCUT2D eigenvalue weighted by molar-refractivity contribution is -0.104. The second-order valence-electron chi connectivity index (χ2n) is 2.14. The third-order valence-corrected chi connectivity index (χ3v) is 1.16. The zero-order valence-corrected chi connectivity index (χ0v) is 6.87. The van der Waals surface area contributed by atoms with E-state index in [1.54, 1.807) is 19.1 Å². The first-order chi connectivity index (χ1) is 5.22. The molecule has 2 N–H and O–H groups in total. The molecule has 0 amide bonds. The van der Waals surface area contributed by atoms with E-state index in [0.717, 1.165) is 6.29 Å². The van der Waals surface area contributed by atoms with Gasteiger partial charge in [0.2, 0.25) is 0 Å². The van der Waals surface area contributed by atoms with Crippen molar-refractivity contribution in [3.63, 3.8) is 0 Å². The van der Waals surface area contributed by atoms with E-state index in [0.29, 0.717) is 11.3 Å². The van der Waals surface area contributed by atoms with Crippen LogP contribution in [0.1, 0.15) is 13.8 Å². The highest BCUT2D eigenvalue weighted by Crippen LogP contribution is 1.96. The van der Waals surface area contributed by atoms with Gasteiger partial charge in [0.05, 0.1) is 0 Å². The van der Waals surface area contributed by atoms with Crippen molar-refractivity contribution in [2.45, 2.75) is 13.8 Å². The fraction of sp³-hybridized carbons (Fsp3) is 0.222. The Hall–Kier alpha value is -1.31. The molecule has 0 aliphatic heterocycles. The van der Waals surface area contributed by atoms with Gasteiger partial charge in [0.1, 0.15) is 0 Å². The smallest absolute Gasteiger partial charge is 0.151 e. The SMILES string of the molecule is C\C=C/C=C\C(C=O)=C(/C)N. The molecule has 2 nitrogen and oxygen atoms in total. The van der Waals surface area contributed by atoms with Crippen molar-refractivity contribution in [2.75, 3.05) is 0 Å². The van der Waals surface area contributed by atoms with Crippen LogP contribution in [0, 0.1) is 0 Å². The number of rotatable bonds is 3. The van der Waals surface area contributed by atoms with Gasteiger partial charge in [-0.1, -0.05) is 18.2 Å². The van der Waals surface area contributed by atoms with Crippen molar-refractivity contribution in [1.29, 1.82) is 0 Å². The van der Waals surface area contributed by atoms with E-state index in [9.17, 15) is 4.79 Å². The van der Waals surface area contributed by atoms with Crippen molar-refractivity contribution in [3.05, 3.63) is 35.6 Å². The van der Waals surface area contributed by atoms with Gasteiger partial charge in [0.25, 0.3) is 0 Å². The van der Waals surface area contributed by atoms with Crippen LogP contribution >= 0.6 is 0 Å². The lowest BCUT2D eigenvalue weighted by atomic mass is 10.2. The van der Waals surface area contributed by atoms with Crippen LogP contribution < -0.4 is 5.73 Å². The molecule has 0 aliphatic rings. The standard InChI is InChI=1S/C9H13NO/c1-3-4-5-6-9(7-11)8(2)10/h3-7H,10H2,1-2H3/b4-3-,6-5-,9-8-. The number of allylic oxidation sites excluding steroid dienone is 6. The van der Waals surface area contributed by atoms with Gasteiger partial charge in [0, 0.05) is 11.3 Å². The third-order valence-electron chi connectivity index (χ3n) is 1.16. The van der Waals surface area contributed by atoms with Crippen molar-refractivity contribution in [2.24, 2.45) is 5.73 Å². The van der Waals surface area contributed by atoms with Crippen LogP contribution in [0.5, 0.6) is 0 Å². The molecule has 0 radical (unpaired) electrons. The summed E-state index contributed by atoms with van der Waals surface area (Å²) in [5.74, 6) is 0. The first kappa shape index (κ1) is 9.69. The zero-order chi connectivity index (χ0) is 8.69. The molecular weight excluding hydrogens is 138 g/mol. The van der Waals surface area contributed by atoms with E-state index in [-0.39, 0.29) is 0 Å². The van der Waals surface area contributed by atoms with Crippen LogP contribution in [0.4, 0.5) is 0 Å². The van der Waals surface area contributed by atoms with Crippen molar-refractivity contribution >= 4 is 6.29 Å². The van der Waals surface area contributed by atoms with Gasteiger partial charge in [-0.15, -0.1) is 0 Å². The predicted molar refractivity (Wildman–Crippen MR) is 46.9 cm³/mol. The largest absolute Gasteiger partial charge is 0.402 e. The van der Waals surface area contributed by atoms with Crippen LogP contribution in [-0.2, 0) is 4.79 Å². The number of carbonyl (C=O) groups is 1. The average Bonchev–Trinajstić information content (AvgIpc) is 1.97. The van der Waals surface area contributed by atoms with Gasteiger partial charge in [0.15, 0.2) is 6.29 Å². The maximum atomic E-state index is 10.3. The summed E-state index contributed by atoms with van der Waals surface area (Å²) in [6.07, 6.45) is 7.93. The summed E-state index contributed by atoms with van der Waals surface area (Å²) < 4.78 is 0. The van der Waals surface area contributed by atoms with Gasteiger partial charge in [-0.3, -0.25) is 4.79 Å². The summed E-state index contributed by atoms with van der Waals surface area (Å²) in [7, 11) is 0. The molecule has 0 spiro atoms. The van der Waals surface area contributed by atoms with E-state index >= 15 is 0 Å². The van der Waals surface area contributed by atoms with Crippen molar-refractivity contribution in [3.8, 4) is 0 Å². The molecule has 0 aromatic carbocycles. The van der Waals surface area contributed by atoms with Gasteiger partial charge < -0.3 is 5.73 Å². The summed E-state index contributed by atoms with van der Waals surface area (Å²) >= 11 is 0. The third kappa shape index (κ3) is 4.14. The molecule has 0 fully saturated rings. The maximum Gasteiger partial charge on any atom is 0.151 e. The van der Waals surface area contributed by atoms with Gasteiger partial charge in [-0.05, 0) is 19.9 Å². The normalized spacial score (nSPS) is 14.0. The fourth-order valence-electron chi connectivity index (χ4n) is 0.534. The lowest BCUT2D eigenvalue weighted by Crippen LogP contribution is -1.96. The Morgan fingerprint density at radius 2 is 2.00 bits per heavy atom. The molecule has 0 aromatic rings. The molecule has 0 heterocycles. The van der Waals surface area contributed by atoms with Crippen LogP contribution in [-0.4, -0.2) is 6.29 Å². The van der Waals surface area contributed by atoms with E-state index in [1.165, 1.54) is 0 Å². The quantitative estimate of drug-likeness (QED) is 0.378. The number of hydrogen-bond acceptors (Lipinski definition) is 2. The molecule has 0 saturated carbocycles. The second-order valence-corrected chi connectivity index (χ2v) is 2.14. The highest BCUT2D eigenvalue weighted by molar-refractivity contribution is 5.78. The van der Waals surface area contributed by atoms with Crippen LogP contribution in [0.25, 0.3) is 0 Å². The highest BCUT2D eigenvalue weighted by atomic mass is 16.1. The molecule has 0 aliphatic carbocycles. The minimum atomic E-state index is 0.531. The van der Waals surface area contributed by atoms with E-state index in [4.69, 9.17) is 5.73 Å². The molecular formula is C9H13NO. The molecule has 0 saturated heterocycles. The van der Waals surface area contributed by atoms with E-state index < -0.39 is 0 Å². The summed E-state index contributed by atoms with van der Waals surface area (Å²) in [5.41, 5.74) is 6.48.